The molecule has 0 aliphatic carbocycles. The third-order valence-corrected chi connectivity index (χ3v) is 3.35. The average molecular weight is 287 g/mol. The Hall–Kier alpha value is -2.20. The van der Waals surface area contributed by atoms with Crippen molar-refractivity contribution in [2.24, 2.45) is 0 Å². The minimum Gasteiger partial charge on any atom is -0.497 e. The van der Waals surface area contributed by atoms with Crippen LogP contribution < -0.4 is 14.8 Å². The Balaban J connectivity index is 2.25. The van der Waals surface area contributed by atoms with Crippen molar-refractivity contribution in [1.29, 1.82) is 0 Å². The van der Waals surface area contributed by atoms with Gasteiger partial charge in [0.1, 0.15) is 11.5 Å². The molecule has 0 amide bonds. The first-order valence-electron chi connectivity index (χ1n) is 6.83. The molecule has 2 aromatic carbocycles. The summed E-state index contributed by atoms with van der Waals surface area (Å²) in [6.45, 7) is 2.02. The van der Waals surface area contributed by atoms with Gasteiger partial charge < -0.3 is 19.9 Å². The molecular formula is C17H21NO3. The summed E-state index contributed by atoms with van der Waals surface area (Å²) in [5, 5.41) is 13.0. The van der Waals surface area contributed by atoms with Crippen molar-refractivity contribution in [3.05, 3.63) is 53.6 Å². The average Bonchev–Trinajstić information content (AvgIpc) is 2.53. The van der Waals surface area contributed by atoms with Crippen LogP contribution in [-0.2, 0) is 0 Å². The van der Waals surface area contributed by atoms with Gasteiger partial charge in [0.2, 0.25) is 0 Å². The topological polar surface area (TPSA) is 50.7 Å². The zero-order valence-corrected chi connectivity index (χ0v) is 12.6. The number of hydrogen-bond acceptors (Lipinski definition) is 4. The number of aliphatic hydroxyl groups excluding tert-OH is 1. The minimum atomic E-state index is -0.225. The molecular weight excluding hydrogens is 266 g/mol. The molecule has 0 aromatic heterocycles. The molecule has 2 N–H and O–H groups in total. The lowest BCUT2D eigenvalue weighted by Crippen LogP contribution is -2.15. The highest BCUT2D eigenvalue weighted by Crippen LogP contribution is 2.28. The number of methoxy groups -OCH3 is 2. The summed E-state index contributed by atoms with van der Waals surface area (Å²) in [6, 6.07) is 13.4. The van der Waals surface area contributed by atoms with E-state index in [1.165, 1.54) is 5.56 Å². The number of rotatable bonds is 6. The third-order valence-electron chi connectivity index (χ3n) is 3.35. The number of nitrogens with one attached hydrogen (secondary N) is 1. The van der Waals surface area contributed by atoms with Gasteiger partial charge in [0.25, 0.3) is 0 Å². The highest BCUT2D eigenvalue weighted by atomic mass is 16.5. The van der Waals surface area contributed by atoms with Crippen LogP contribution in [0.5, 0.6) is 11.5 Å². The van der Waals surface area contributed by atoms with Crippen LogP contribution in [0.25, 0.3) is 0 Å². The molecule has 0 saturated carbocycles. The molecule has 2 aromatic rings. The van der Waals surface area contributed by atoms with Crippen molar-refractivity contribution in [3.63, 3.8) is 0 Å². The molecule has 0 aliphatic rings. The number of hydrogen-bond donors (Lipinski definition) is 2. The Labute approximate surface area is 125 Å². The molecule has 4 nitrogen and oxygen atoms in total. The molecule has 21 heavy (non-hydrogen) atoms. The van der Waals surface area contributed by atoms with E-state index in [0.717, 1.165) is 11.3 Å². The van der Waals surface area contributed by atoms with Gasteiger partial charge in [-0.3, -0.25) is 0 Å². The quantitative estimate of drug-likeness (QED) is 0.857. The summed E-state index contributed by atoms with van der Waals surface area (Å²) in [7, 11) is 3.22. The number of anilines is 1. The predicted octanol–water partition coefficient (Wildman–Crippen LogP) is 3.16. The number of benzene rings is 2. The summed E-state index contributed by atoms with van der Waals surface area (Å²) < 4.78 is 10.5. The second-order valence-corrected chi connectivity index (χ2v) is 4.89. The van der Waals surface area contributed by atoms with Gasteiger partial charge in [-0.05, 0) is 36.8 Å². The molecule has 4 heteroatoms. The normalized spacial score (nSPS) is 11.8. The van der Waals surface area contributed by atoms with E-state index in [1.807, 2.05) is 49.4 Å². The van der Waals surface area contributed by atoms with Crippen molar-refractivity contribution in [2.75, 3.05) is 26.1 Å². The van der Waals surface area contributed by atoms with Crippen molar-refractivity contribution in [3.8, 4) is 11.5 Å². The van der Waals surface area contributed by atoms with E-state index in [-0.39, 0.29) is 12.6 Å². The van der Waals surface area contributed by atoms with E-state index in [1.54, 1.807) is 14.2 Å². The van der Waals surface area contributed by atoms with Gasteiger partial charge in [0, 0.05) is 11.8 Å². The molecule has 0 radical (unpaired) electrons. The fraction of sp³-hybridized carbons (Fsp3) is 0.294. The highest BCUT2D eigenvalue weighted by Gasteiger charge is 2.13. The number of ether oxygens (including phenoxy) is 2. The maximum absolute atomic E-state index is 9.68. The lowest BCUT2D eigenvalue weighted by Gasteiger charge is -2.19. The third kappa shape index (κ3) is 3.89. The van der Waals surface area contributed by atoms with Gasteiger partial charge in [-0.15, -0.1) is 0 Å². The summed E-state index contributed by atoms with van der Waals surface area (Å²) in [5.74, 6) is 1.40. The number of aryl methyl sites for hydroxylation is 1. The van der Waals surface area contributed by atoms with E-state index in [0.29, 0.717) is 11.5 Å². The fourth-order valence-corrected chi connectivity index (χ4v) is 2.12. The molecule has 0 spiro atoms. The monoisotopic (exact) mass is 287 g/mol. The van der Waals surface area contributed by atoms with Crippen LogP contribution in [0, 0.1) is 6.92 Å². The maximum atomic E-state index is 9.68. The van der Waals surface area contributed by atoms with Crippen LogP contribution >= 0.6 is 0 Å². The summed E-state index contributed by atoms with van der Waals surface area (Å²) in [5.41, 5.74) is 3.07. The molecule has 1 unspecified atom stereocenters. The predicted molar refractivity (Wildman–Crippen MR) is 84.2 cm³/mol. The largest absolute Gasteiger partial charge is 0.497 e. The Morgan fingerprint density at radius 1 is 1.00 bits per heavy atom. The Morgan fingerprint density at radius 2 is 1.57 bits per heavy atom. The Bertz CT molecular complexity index is 559. The second kappa shape index (κ2) is 6.99. The SMILES string of the molecule is COc1cc(OC)cc(C(CO)Nc2ccc(C)cc2)c1. The van der Waals surface area contributed by atoms with Crippen molar-refractivity contribution in [2.45, 2.75) is 13.0 Å². The lowest BCUT2D eigenvalue weighted by molar-refractivity contribution is 0.275. The first-order valence-corrected chi connectivity index (χ1v) is 6.83. The lowest BCUT2D eigenvalue weighted by atomic mass is 10.1. The molecule has 1 atom stereocenters. The van der Waals surface area contributed by atoms with Crippen LogP contribution in [0.4, 0.5) is 5.69 Å². The highest BCUT2D eigenvalue weighted by molar-refractivity contribution is 5.48. The van der Waals surface area contributed by atoms with Crippen LogP contribution in [0.2, 0.25) is 0 Å². The van der Waals surface area contributed by atoms with Gasteiger partial charge in [0.05, 0.1) is 26.9 Å². The van der Waals surface area contributed by atoms with Gasteiger partial charge in [-0.25, -0.2) is 0 Å². The van der Waals surface area contributed by atoms with Crippen LogP contribution in [0.1, 0.15) is 17.2 Å². The van der Waals surface area contributed by atoms with Crippen molar-refractivity contribution >= 4 is 5.69 Å². The Morgan fingerprint density at radius 3 is 2.05 bits per heavy atom. The summed E-state index contributed by atoms with van der Waals surface area (Å²) >= 11 is 0. The number of aliphatic hydroxyl groups is 1. The van der Waals surface area contributed by atoms with Crippen molar-refractivity contribution < 1.29 is 14.6 Å². The van der Waals surface area contributed by atoms with E-state index in [9.17, 15) is 5.11 Å². The Kier molecular flexibility index (Phi) is 5.06. The van der Waals surface area contributed by atoms with Gasteiger partial charge in [0.15, 0.2) is 0 Å². The fourth-order valence-electron chi connectivity index (χ4n) is 2.12. The van der Waals surface area contributed by atoms with Crippen LogP contribution in [0.15, 0.2) is 42.5 Å². The van der Waals surface area contributed by atoms with E-state index in [4.69, 9.17) is 9.47 Å². The summed E-state index contributed by atoms with van der Waals surface area (Å²) in [4.78, 5) is 0. The van der Waals surface area contributed by atoms with Gasteiger partial charge in [-0.2, -0.15) is 0 Å². The zero-order valence-electron chi connectivity index (χ0n) is 12.6. The zero-order chi connectivity index (χ0) is 15.2. The summed E-state index contributed by atoms with van der Waals surface area (Å²) in [6.07, 6.45) is 0. The smallest absolute Gasteiger partial charge is 0.122 e. The van der Waals surface area contributed by atoms with E-state index in [2.05, 4.69) is 5.32 Å². The van der Waals surface area contributed by atoms with Crippen LogP contribution in [0.3, 0.4) is 0 Å². The molecule has 0 aliphatic heterocycles. The minimum absolute atomic E-state index is 0.0236. The standard InChI is InChI=1S/C17H21NO3/c1-12-4-6-14(7-5-12)18-17(11-19)13-8-15(20-2)10-16(9-13)21-3/h4-10,17-19H,11H2,1-3H3. The molecule has 0 saturated heterocycles. The van der Waals surface area contributed by atoms with E-state index < -0.39 is 0 Å². The van der Waals surface area contributed by atoms with Gasteiger partial charge in [-0.1, -0.05) is 17.7 Å². The van der Waals surface area contributed by atoms with Crippen molar-refractivity contribution in [1.82, 2.24) is 0 Å². The van der Waals surface area contributed by atoms with E-state index >= 15 is 0 Å². The molecule has 112 valence electrons. The molecule has 0 fully saturated rings. The maximum Gasteiger partial charge on any atom is 0.122 e. The first-order chi connectivity index (χ1) is 10.2. The van der Waals surface area contributed by atoms with Gasteiger partial charge >= 0.3 is 0 Å². The second-order valence-electron chi connectivity index (χ2n) is 4.89. The molecule has 2 rings (SSSR count). The first kappa shape index (κ1) is 15.2. The van der Waals surface area contributed by atoms with Crippen LogP contribution in [-0.4, -0.2) is 25.9 Å². The molecule has 0 heterocycles. The molecule has 0 bridgehead atoms.